The Kier molecular flexibility index (Phi) is 9.74. The third-order valence-electron chi connectivity index (χ3n) is 9.33. The minimum absolute atomic E-state index is 0.0766. The summed E-state index contributed by atoms with van der Waals surface area (Å²) in [7, 11) is 0.181. The maximum absolute atomic E-state index is 15.0. The van der Waals surface area contributed by atoms with Crippen LogP contribution in [0.5, 0.6) is 0 Å². The summed E-state index contributed by atoms with van der Waals surface area (Å²) in [4.78, 5) is 18.7. The standard InChI is InChI=1S/C37H32F7N7O3S/c1-35(18-54-19-35)11-9-23-7-8-24(25-5-4-6-26-31(25)50(2)48-34(26)49-55(3)53)30(45-23)28(15-20-13-21(38)16-22(39)14-20)46-29(52)17-51-33-27(10-12-36(33,40)41)32(47-51)37(42,43)44/h4-8,13-14,16,28H,10,12,15,17-19H2,1-3H3,(H,46,52)(H,48,49). The fourth-order valence-corrected chi connectivity index (χ4v) is 7.37. The summed E-state index contributed by atoms with van der Waals surface area (Å²) in [5.74, 6) is -0.0481. The second-order valence-electron chi connectivity index (χ2n) is 13.8. The first kappa shape index (κ1) is 38.0. The first-order valence-electron chi connectivity index (χ1n) is 16.9. The summed E-state index contributed by atoms with van der Waals surface area (Å²) in [5.41, 5.74) is -1.69. The van der Waals surface area contributed by atoms with E-state index in [1.54, 1.807) is 42.1 Å². The quantitative estimate of drug-likeness (QED) is 0.133. The molecule has 18 heteroatoms. The number of aryl methyl sites for hydroxylation is 1. The van der Waals surface area contributed by atoms with Gasteiger partial charge < -0.3 is 10.1 Å². The number of nitrogens with one attached hydrogen (secondary N) is 2. The third kappa shape index (κ3) is 7.67. The Morgan fingerprint density at radius 2 is 1.80 bits per heavy atom. The minimum Gasteiger partial charge on any atom is -0.378 e. The lowest BCUT2D eigenvalue weighted by Crippen LogP contribution is -2.38. The van der Waals surface area contributed by atoms with Crippen molar-refractivity contribution in [1.29, 1.82) is 0 Å². The summed E-state index contributed by atoms with van der Waals surface area (Å²) in [6.45, 7) is 1.65. The Morgan fingerprint density at radius 3 is 2.45 bits per heavy atom. The predicted molar refractivity (Wildman–Crippen MR) is 188 cm³/mol. The van der Waals surface area contributed by atoms with Gasteiger partial charge in [0.2, 0.25) is 5.91 Å². The number of para-hydroxylation sites is 1. The van der Waals surface area contributed by atoms with Crippen LogP contribution in [0.15, 0.2) is 48.5 Å². The number of aromatic nitrogens is 5. The lowest BCUT2D eigenvalue weighted by molar-refractivity contribution is -0.142. The maximum Gasteiger partial charge on any atom is 0.435 e. The van der Waals surface area contributed by atoms with Gasteiger partial charge in [0.15, 0.2) is 11.5 Å². The molecule has 2 N–H and O–H groups in total. The summed E-state index contributed by atoms with van der Waals surface area (Å²) in [5, 5.41) is 11.1. The average molecular weight is 788 g/mol. The zero-order valence-electron chi connectivity index (χ0n) is 29.5. The number of nitrogens with zero attached hydrogens (tertiary/aromatic N) is 5. The van der Waals surface area contributed by atoms with Crippen molar-refractivity contribution >= 4 is 33.6 Å². The number of amides is 1. The number of halogens is 7. The van der Waals surface area contributed by atoms with E-state index in [1.807, 2.05) is 6.92 Å². The Balaban J connectivity index is 1.37. The van der Waals surface area contributed by atoms with Crippen molar-refractivity contribution < 1.29 is 44.5 Å². The Labute approximate surface area is 312 Å². The number of fused-ring (bicyclic) bond motifs is 2. The van der Waals surface area contributed by atoms with E-state index in [1.165, 1.54) is 6.26 Å². The molecule has 10 nitrogen and oxygen atoms in total. The molecule has 2 aromatic carbocycles. The summed E-state index contributed by atoms with van der Waals surface area (Å²) in [6.07, 6.45) is -5.37. The molecular formula is C37H32F7N7O3S. The van der Waals surface area contributed by atoms with Crippen LogP contribution in [-0.2, 0) is 59.0 Å². The van der Waals surface area contributed by atoms with Crippen LogP contribution in [0.1, 0.15) is 53.3 Å². The molecule has 3 aromatic heterocycles. The van der Waals surface area contributed by atoms with Gasteiger partial charge >= 0.3 is 6.18 Å². The molecule has 0 saturated carbocycles. The van der Waals surface area contributed by atoms with E-state index in [4.69, 9.17) is 9.72 Å². The molecular weight excluding hydrogens is 756 g/mol. The molecule has 1 amide bonds. The number of anilines is 1. The van der Waals surface area contributed by atoms with Crippen molar-refractivity contribution in [3.8, 4) is 23.0 Å². The number of carbonyl (C=O) groups is 1. The molecule has 2 aliphatic rings. The van der Waals surface area contributed by atoms with E-state index in [-0.39, 0.29) is 23.4 Å². The molecule has 288 valence electrons. The zero-order chi connectivity index (χ0) is 39.4. The molecule has 4 heterocycles. The Hall–Kier alpha value is -5.28. The number of ether oxygens (including phenoxy) is 1. The highest BCUT2D eigenvalue weighted by Gasteiger charge is 2.50. The number of hydrogen-bond acceptors (Lipinski definition) is 6. The van der Waals surface area contributed by atoms with Crippen LogP contribution >= 0.6 is 0 Å². The van der Waals surface area contributed by atoms with Crippen LogP contribution in [-0.4, -0.2) is 54.1 Å². The minimum atomic E-state index is -5.05. The fourth-order valence-electron chi connectivity index (χ4n) is 6.94. The van der Waals surface area contributed by atoms with Crippen LogP contribution in [0.4, 0.5) is 36.6 Å². The van der Waals surface area contributed by atoms with Gasteiger partial charge in [0.1, 0.15) is 40.6 Å². The summed E-state index contributed by atoms with van der Waals surface area (Å²) < 4.78 is 123. The van der Waals surface area contributed by atoms with Crippen LogP contribution in [0, 0.1) is 28.9 Å². The van der Waals surface area contributed by atoms with Gasteiger partial charge in [-0.2, -0.15) is 32.1 Å². The van der Waals surface area contributed by atoms with E-state index < -0.39 is 88.4 Å². The van der Waals surface area contributed by atoms with Crippen LogP contribution in [0.2, 0.25) is 0 Å². The van der Waals surface area contributed by atoms with Crippen molar-refractivity contribution in [2.75, 3.05) is 24.2 Å². The van der Waals surface area contributed by atoms with Crippen molar-refractivity contribution in [1.82, 2.24) is 29.9 Å². The molecule has 1 aliphatic heterocycles. The first-order valence-corrected chi connectivity index (χ1v) is 18.4. The Morgan fingerprint density at radius 1 is 1.07 bits per heavy atom. The molecule has 1 aliphatic carbocycles. The Bertz CT molecular complexity index is 2410. The number of carbonyl (C=O) groups excluding carboxylic acids is 1. The van der Waals surface area contributed by atoms with Gasteiger partial charge in [-0.05, 0) is 61.6 Å². The van der Waals surface area contributed by atoms with Gasteiger partial charge in [-0.3, -0.25) is 18.9 Å². The number of rotatable bonds is 9. The average Bonchev–Trinajstić information content (AvgIpc) is 3.72. The van der Waals surface area contributed by atoms with Gasteiger partial charge in [0, 0.05) is 47.9 Å². The van der Waals surface area contributed by atoms with Gasteiger partial charge in [-0.15, -0.1) is 0 Å². The zero-order valence-corrected chi connectivity index (χ0v) is 30.3. The first-order chi connectivity index (χ1) is 25.9. The number of pyridine rings is 1. The number of hydrogen-bond donors (Lipinski definition) is 2. The van der Waals surface area contributed by atoms with Gasteiger partial charge in [-0.1, -0.05) is 18.1 Å². The molecule has 2 atom stereocenters. The molecule has 7 rings (SSSR count). The van der Waals surface area contributed by atoms with E-state index in [0.717, 1.165) is 12.1 Å². The molecule has 55 heavy (non-hydrogen) atoms. The summed E-state index contributed by atoms with van der Waals surface area (Å²) >= 11 is 0. The van der Waals surface area contributed by atoms with Crippen molar-refractivity contribution in [2.45, 2.75) is 50.9 Å². The molecule has 5 aromatic rings. The molecule has 0 bridgehead atoms. The maximum atomic E-state index is 15.0. The van der Waals surface area contributed by atoms with Crippen molar-refractivity contribution in [3.63, 3.8) is 0 Å². The molecule has 0 radical (unpaired) electrons. The normalized spacial score (nSPS) is 16.8. The van der Waals surface area contributed by atoms with Crippen molar-refractivity contribution in [3.05, 3.63) is 94.1 Å². The van der Waals surface area contributed by atoms with Crippen molar-refractivity contribution in [2.24, 2.45) is 12.5 Å². The fraction of sp³-hybridized carbons (Fsp3) is 0.351. The molecule has 0 spiro atoms. The highest BCUT2D eigenvalue weighted by atomic mass is 32.2. The lowest BCUT2D eigenvalue weighted by Gasteiger charge is -2.32. The molecule has 2 unspecified atom stereocenters. The monoisotopic (exact) mass is 787 g/mol. The second kappa shape index (κ2) is 14.1. The smallest absolute Gasteiger partial charge is 0.378 e. The SMILES string of the molecule is Cn1nc(NS(C)=O)c2cccc(-c3ccc(C#CC4(C)COC4)nc3C(Cc3cc(F)cc(F)c3)NC(=O)Cn3nc(C(F)(F)F)c4c3C(F)(F)CC4)c21. The number of alkyl halides is 5. The van der Waals surface area contributed by atoms with Crippen LogP contribution < -0.4 is 10.0 Å². The van der Waals surface area contributed by atoms with Gasteiger partial charge in [0.25, 0.3) is 5.92 Å². The van der Waals surface area contributed by atoms with Gasteiger partial charge in [-0.25, -0.2) is 18.0 Å². The topological polar surface area (TPSA) is 116 Å². The predicted octanol–water partition coefficient (Wildman–Crippen LogP) is 6.36. The van der Waals surface area contributed by atoms with E-state index in [0.29, 0.717) is 51.8 Å². The summed E-state index contributed by atoms with van der Waals surface area (Å²) in [6, 6.07) is 10.0. The highest BCUT2D eigenvalue weighted by Crippen LogP contribution is 2.46. The second-order valence-corrected chi connectivity index (χ2v) is 14.9. The van der Waals surface area contributed by atoms with E-state index in [9.17, 15) is 39.7 Å². The highest BCUT2D eigenvalue weighted by molar-refractivity contribution is 7.85. The van der Waals surface area contributed by atoms with Crippen LogP contribution in [0.3, 0.4) is 0 Å². The van der Waals surface area contributed by atoms with Crippen LogP contribution in [0.25, 0.3) is 22.0 Å². The molecule has 1 fully saturated rings. The van der Waals surface area contributed by atoms with E-state index >= 15 is 0 Å². The number of benzene rings is 2. The third-order valence-corrected chi connectivity index (χ3v) is 9.81. The lowest BCUT2D eigenvalue weighted by atomic mass is 9.89. The van der Waals surface area contributed by atoms with E-state index in [2.05, 4.69) is 32.1 Å². The largest absolute Gasteiger partial charge is 0.435 e. The van der Waals surface area contributed by atoms with Gasteiger partial charge in [0.05, 0.1) is 35.9 Å². The molecule has 1 saturated heterocycles.